The van der Waals surface area contributed by atoms with Gasteiger partial charge >= 0.3 is 0 Å². The third kappa shape index (κ3) is 1.25. The van der Waals surface area contributed by atoms with Gasteiger partial charge in [-0.05, 0) is 25.3 Å². The van der Waals surface area contributed by atoms with Gasteiger partial charge in [-0.1, -0.05) is 0 Å². The van der Waals surface area contributed by atoms with Crippen LogP contribution in [0.25, 0.3) is 11.0 Å². The highest BCUT2D eigenvalue weighted by molar-refractivity contribution is 5.82. The number of carbonyl (C=O) groups is 1. The van der Waals surface area contributed by atoms with Crippen molar-refractivity contribution in [2.45, 2.75) is 25.3 Å². The zero-order valence-electron chi connectivity index (χ0n) is 8.26. The molecule has 0 bridgehead atoms. The van der Waals surface area contributed by atoms with Gasteiger partial charge in [0.25, 0.3) is 0 Å². The Labute approximate surface area is 87.0 Å². The number of imidazole rings is 1. The number of hydrogen-bond donors (Lipinski definition) is 0. The van der Waals surface area contributed by atoms with Crippen molar-refractivity contribution < 1.29 is 4.79 Å². The molecule has 2 aromatic heterocycles. The Morgan fingerprint density at radius 2 is 2.27 bits per heavy atom. The molecular weight excluding hydrogens is 190 g/mol. The normalized spacial score (nSPS) is 16.5. The van der Waals surface area contributed by atoms with E-state index in [4.69, 9.17) is 0 Å². The van der Waals surface area contributed by atoms with Crippen molar-refractivity contribution in [1.82, 2.24) is 14.5 Å². The smallest absolute Gasteiger partial charge is 0.168 e. The number of fused-ring (bicyclic) bond motifs is 1. The van der Waals surface area contributed by atoms with E-state index in [-0.39, 0.29) is 0 Å². The summed E-state index contributed by atoms with van der Waals surface area (Å²) in [6.07, 6.45) is 8.00. The maximum absolute atomic E-state index is 10.6. The largest absolute Gasteiger partial charge is 0.327 e. The Morgan fingerprint density at radius 3 is 2.93 bits per heavy atom. The zero-order valence-corrected chi connectivity index (χ0v) is 8.26. The number of carbonyl (C=O) groups excluding carboxylic acids is 1. The maximum atomic E-state index is 10.6. The molecule has 1 aliphatic carbocycles. The van der Waals surface area contributed by atoms with Gasteiger partial charge in [0.2, 0.25) is 0 Å². The standard InChI is InChI=1S/C11H11N3O/c15-6-8-4-11-10(5-12-8)13-7-14(11)9-2-1-3-9/h4-7,9H,1-3H2. The van der Waals surface area contributed by atoms with Crippen LogP contribution in [0.4, 0.5) is 0 Å². The van der Waals surface area contributed by atoms with Crippen molar-refractivity contribution in [2.75, 3.05) is 0 Å². The average Bonchev–Trinajstić information content (AvgIpc) is 2.59. The van der Waals surface area contributed by atoms with E-state index >= 15 is 0 Å². The van der Waals surface area contributed by atoms with E-state index in [1.165, 1.54) is 19.3 Å². The Bertz CT molecular complexity index is 514. The molecule has 1 aliphatic rings. The number of pyridine rings is 1. The minimum atomic E-state index is 0.476. The van der Waals surface area contributed by atoms with Gasteiger partial charge in [0.1, 0.15) is 11.2 Å². The van der Waals surface area contributed by atoms with Crippen LogP contribution < -0.4 is 0 Å². The van der Waals surface area contributed by atoms with Crippen molar-refractivity contribution in [1.29, 1.82) is 0 Å². The van der Waals surface area contributed by atoms with Crippen LogP contribution in [-0.2, 0) is 0 Å². The van der Waals surface area contributed by atoms with E-state index < -0.39 is 0 Å². The van der Waals surface area contributed by atoms with E-state index in [1.54, 1.807) is 6.20 Å². The van der Waals surface area contributed by atoms with Crippen LogP contribution in [0.1, 0.15) is 35.8 Å². The van der Waals surface area contributed by atoms with Crippen LogP contribution in [0.3, 0.4) is 0 Å². The molecule has 2 aromatic rings. The first kappa shape index (κ1) is 8.59. The fourth-order valence-electron chi connectivity index (χ4n) is 1.97. The van der Waals surface area contributed by atoms with Crippen molar-refractivity contribution in [3.8, 4) is 0 Å². The number of rotatable bonds is 2. The van der Waals surface area contributed by atoms with E-state index in [0.717, 1.165) is 17.3 Å². The second-order valence-electron chi connectivity index (χ2n) is 3.95. The van der Waals surface area contributed by atoms with E-state index in [0.29, 0.717) is 11.7 Å². The molecule has 4 nitrogen and oxygen atoms in total. The quantitative estimate of drug-likeness (QED) is 0.698. The first-order valence-corrected chi connectivity index (χ1v) is 5.16. The SMILES string of the molecule is O=Cc1cc2c(cn1)ncn2C1CCC1. The van der Waals surface area contributed by atoms with Crippen molar-refractivity contribution in [3.63, 3.8) is 0 Å². The molecule has 0 unspecified atom stereocenters. The van der Waals surface area contributed by atoms with Gasteiger partial charge in [-0.3, -0.25) is 9.78 Å². The highest BCUT2D eigenvalue weighted by Crippen LogP contribution is 2.33. The summed E-state index contributed by atoms with van der Waals surface area (Å²) in [4.78, 5) is 18.9. The molecule has 0 aromatic carbocycles. The van der Waals surface area contributed by atoms with Crippen molar-refractivity contribution >= 4 is 17.3 Å². The van der Waals surface area contributed by atoms with Crippen LogP contribution in [0.2, 0.25) is 0 Å². The second-order valence-corrected chi connectivity index (χ2v) is 3.95. The fourth-order valence-corrected chi connectivity index (χ4v) is 1.97. The van der Waals surface area contributed by atoms with E-state index in [2.05, 4.69) is 14.5 Å². The summed E-state index contributed by atoms with van der Waals surface area (Å²) in [5.74, 6) is 0. The first-order chi connectivity index (χ1) is 7.38. The molecule has 0 spiro atoms. The van der Waals surface area contributed by atoms with E-state index in [1.807, 2.05) is 12.4 Å². The zero-order chi connectivity index (χ0) is 10.3. The van der Waals surface area contributed by atoms with Gasteiger partial charge in [-0.2, -0.15) is 0 Å². The predicted molar refractivity (Wildman–Crippen MR) is 55.8 cm³/mol. The summed E-state index contributed by atoms with van der Waals surface area (Å²) < 4.78 is 2.16. The third-order valence-corrected chi connectivity index (χ3v) is 3.07. The molecule has 0 aliphatic heterocycles. The van der Waals surface area contributed by atoms with Crippen LogP contribution in [0.15, 0.2) is 18.6 Å². The lowest BCUT2D eigenvalue weighted by atomic mass is 9.93. The summed E-state index contributed by atoms with van der Waals surface area (Å²) in [7, 11) is 0. The minimum absolute atomic E-state index is 0.476. The number of hydrogen-bond acceptors (Lipinski definition) is 3. The van der Waals surface area contributed by atoms with E-state index in [9.17, 15) is 4.79 Å². The molecule has 3 rings (SSSR count). The highest BCUT2D eigenvalue weighted by atomic mass is 16.1. The number of aldehydes is 1. The number of nitrogens with zero attached hydrogens (tertiary/aromatic N) is 3. The van der Waals surface area contributed by atoms with Gasteiger partial charge in [0.15, 0.2) is 6.29 Å². The molecule has 0 N–H and O–H groups in total. The Balaban J connectivity index is 2.16. The third-order valence-electron chi connectivity index (χ3n) is 3.07. The topological polar surface area (TPSA) is 47.8 Å². The first-order valence-electron chi connectivity index (χ1n) is 5.16. The lowest BCUT2D eigenvalue weighted by Gasteiger charge is -2.27. The van der Waals surface area contributed by atoms with Crippen molar-refractivity contribution in [2.24, 2.45) is 0 Å². The maximum Gasteiger partial charge on any atom is 0.168 e. The molecule has 0 amide bonds. The highest BCUT2D eigenvalue weighted by Gasteiger charge is 2.21. The van der Waals surface area contributed by atoms with Crippen LogP contribution >= 0.6 is 0 Å². The Morgan fingerprint density at radius 1 is 1.40 bits per heavy atom. The summed E-state index contributed by atoms with van der Waals surface area (Å²) in [6.45, 7) is 0. The molecule has 76 valence electrons. The molecule has 0 atom stereocenters. The monoisotopic (exact) mass is 201 g/mol. The minimum Gasteiger partial charge on any atom is -0.327 e. The Hall–Kier alpha value is -1.71. The van der Waals surface area contributed by atoms with Gasteiger partial charge in [0, 0.05) is 6.04 Å². The van der Waals surface area contributed by atoms with Crippen LogP contribution in [0, 0.1) is 0 Å². The molecule has 4 heteroatoms. The molecule has 0 saturated heterocycles. The average molecular weight is 201 g/mol. The summed E-state index contributed by atoms with van der Waals surface area (Å²) in [5, 5.41) is 0. The second kappa shape index (κ2) is 3.15. The summed E-state index contributed by atoms with van der Waals surface area (Å²) >= 11 is 0. The molecule has 1 fully saturated rings. The Kier molecular flexibility index (Phi) is 1.80. The lowest BCUT2D eigenvalue weighted by molar-refractivity contribution is 0.111. The van der Waals surface area contributed by atoms with Crippen LogP contribution in [-0.4, -0.2) is 20.8 Å². The van der Waals surface area contributed by atoms with Gasteiger partial charge in [-0.15, -0.1) is 0 Å². The molecule has 2 heterocycles. The molecular formula is C11H11N3O. The number of aromatic nitrogens is 3. The predicted octanol–water partition coefficient (Wildman–Crippen LogP) is 1.97. The van der Waals surface area contributed by atoms with Gasteiger partial charge < -0.3 is 4.57 Å². The molecule has 1 saturated carbocycles. The summed E-state index contributed by atoms with van der Waals surface area (Å²) in [5.41, 5.74) is 2.37. The van der Waals surface area contributed by atoms with Gasteiger partial charge in [-0.25, -0.2) is 4.98 Å². The lowest BCUT2D eigenvalue weighted by Crippen LogP contribution is -2.15. The van der Waals surface area contributed by atoms with Gasteiger partial charge in [0.05, 0.1) is 18.0 Å². The van der Waals surface area contributed by atoms with Crippen molar-refractivity contribution in [3.05, 3.63) is 24.3 Å². The summed E-state index contributed by atoms with van der Waals surface area (Å²) in [6, 6.07) is 2.38. The van der Waals surface area contributed by atoms with Crippen LogP contribution in [0.5, 0.6) is 0 Å². The molecule has 0 radical (unpaired) electrons. The molecule has 15 heavy (non-hydrogen) atoms. The fraction of sp³-hybridized carbons (Fsp3) is 0.364.